The Bertz CT molecular complexity index is 514. The molecule has 0 amide bonds. The van der Waals surface area contributed by atoms with E-state index >= 15 is 0 Å². The summed E-state index contributed by atoms with van der Waals surface area (Å²) in [4.78, 5) is 28.9. The van der Waals surface area contributed by atoms with Crippen LogP contribution in [0.15, 0.2) is 12.2 Å². The number of ether oxygens (including phenoxy) is 2. The Morgan fingerprint density at radius 3 is 1.31 bits per heavy atom. The van der Waals surface area contributed by atoms with Crippen LogP contribution in [0.5, 0.6) is 0 Å². The van der Waals surface area contributed by atoms with E-state index < -0.39 is 11.9 Å². The largest absolute Gasteiger partial charge is 0.459 e. The van der Waals surface area contributed by atoms with Crippen molar-refractivity contribution in [1.29, 1.82) is 0 Å². The number of esters is 2. The maximum absolute atomic E-state index is 12.0. The van der Waals surface area contributed by atoms with E-state index in [-0.39, 0.29) is 12.2 Å². The Balaban J connectivity index is 1.22. The molecule has 0 aliphatic carbocycles. The topological polar surface area (TPSA) is 59.1 Å². The lowest BCUT2D eigenvalue weighted by Crippen LogP contribution is -2.43. The lowest BCUT2D eigenvalue weighted by molar-refractivity contribution is -0.149. The predicted molar refractivity (Wildman–Crippen MR) is 96.5 cm³/mol. The number of fused-ring (bicyclic) bond motifs is 4. The molecule has 144 valence electrons. The van der Waals surface area contributed by atoms with Crippen molar-refractivity contribution in [2.24, 2.45) is 0 Å². The maximum atomic E-state index is 12.0. The molecule has 6 heteroatoms. The minimum Gasteiger partial charge on any atom is -0.459 e. The molecule has 0 aromatic carbocycles. The fourth-order valence-electron chi connectivity index (χ4n) is 5.46. The Labute approximate surface area is 155 Å². The monoisotopic (exact) mass is 362 g/mol. The van der Waals surface area contributed by atoms with Gasteiger partial charge in [-0.25, -0.2) is 9.59 Å². The molecule has 4 bridgehead atoms. The van der Waals surface area contributed by atoms with Crippen molar-refractivity contribution in [1.82, 2.24) is 9.80 Å². The first-order valence-electron chi connectivity index (χ1n) is 10.0. The Hall–Kier alpha value is -1.40. The summed E-state index contributed by atoms with van der Waals surface area (Å²) < 4.78 is 11.1. The summed E-state index contributed by atoms with van der Waals surface area (Å²) in [6.07, 6.45) is 10.8. The molecule has 2 unspecified atom stereocenters. The SMILES string of the molecule is CN1[C@@H]2CC[C@H]1CC(OC(=O)/C=C/C(=O)OC1C[C@H]3CC[C@@H](C1)N3C)C2. The molecule has 4 aliphatic heterocycles. The minimum atomic E-state index is -0.431. The van der Waals surface area contributed by atoms with Gasteiger partial charge in [0.25, 0.3) is 0 Å². The second kappa shape index (κ2) is 7.31. The van der Waals surface area contributed by atoms with Gasteiger partial charge in [0.15, 0.2) is 0 Å². The molecular weight excluding hydrogens is 332 g/mol. The molecule has 0 radical (unpaired) electrons. The fraction of sp³-hybridized carbons (Fsp3) is 0.800. The van der Waals surface area contributed by atoms with Crippen molar-refractivity contribution < 1.29 is 19.1 Å². The van der Waals surface area contributed by atoms with E-state index in [9.17, 15) is 9.59 Å². The number of carbonyl (C=O) groups excluding carboxylic acids is 2. The molecule has 6 atom stereocenters. The Morgan fingerprint density at radius 1 is 0.692 bits per heavy atom. The van der Waals surface area contributed by atoms with Crippen LogP contribution < -0.4 is 0 Å². The van der Waals surface area contributed by atoms with Crippen LogP contribution in [0.1, 0.15) is 51.4 Å². The maximum Gasteiger partial charge on any atom is 0.331 e. The molecule has 4 heterocycles. The molecule has 6 nitrogen and oxygen atoms in total. The van der Waals surface area contributed by atoms with Gasteiger partial charge in [-0.2, -0.15) is 0 Å². The zero-order chi connectivity index (χ0) is 18.3. The van der Waals surface area contributed by atoms with Gasteiger partial charge < -0.3 is 19.3 Å². The van der Waals surface area contributed by atoms with E-state index in [1.54, 1.807) is 0 Å². The summed E-state index contributed by atoms with van der Waals surface area (Å²) in [7, 11) is 4.32. The zero-order valence-electron chi connectivity index (χ0n) is 15.8. The van der Waals surface area contributed by atoms with E-state index in [4.69, 9.17) is 9.47 Å². The standard InChI is InChI=1S/C20H30N2O4/c1-21-13-3-4-14(21)10-17(9-13)25-19(23)7-8-20(24)26-18-11-15-5-6-16(12-18)22(15)2/h7-8,13-18H,3-6,9-12H2,1-2H3/b8-7+/t13-,14+,15-,16+,17?,18?. The lowest BCUT2D eigenvalue weighted by Gasteiger charge is -2.35. The molecule has 0 aromatic heterocycles. The molecule has 26 heavy (non-hydrogen) atoms. The highest BCUT2D eigenvalue weighted by molar-refractivity contribution is 5.91. The Morgan fingerprint density at radius 2 is 1.00 bits per heavy atom. The molecule has 4 saturated heterocycles. The zero-order valence-corrected chi connectivity index (χ0v) is 15.8. The lowest BCUT2D eigenvalue weighted by atomic mass is 10.0. The van der Waals surface area contributed by atoms with E-state index in [1.165, 1.54) is 37.8 Å². The van der Waals surface area contributed by atoms with Crippen LogP contribution in [0.3, 0.4) is 0 Å². The average molecular weight is 362 g/mol. The number of rotatable bonds is 4. The molecule has 4 fully saturated rings. The van der Waals surface area contributed by atoms with E-state index in [0.29, 0.717) is 24.2 Å². The summed E-state index contributed by atoms with van der Waals surface area (Å²) in [5, 5.41) is 0. The molecule has 4 rings (SSSR count). The average Bonchev–Trinajstić information content (AvgIpc) is 2.95. The predicted octanol–water partition coefficient (Wildman–Crippen LogP) is 1.88. The molecule has 0 aromatic rings. The van der Waals surface area contributed by atoms with E-state index in [2.05, 4.69) is 23.9 Å². The number of nitrogens with zero attached hydrogens (tertiary/aromatic N) is 2. The van der Waals surface area contributed by atoms with Crippen molar-refractivity contribution >= 4 is 11.9 Å². The summed E-state index contributed by atoms with van der Waals surface area (Å²) in [6, 6.07) is 2.11. The third-order valence-electron chi connectivity index (χ3n) is 7.03. The van der Waals surface area contributed by atoms with Gasteiger partial charge in [-0.1, -0.05) is 0 Å². The number of hydrogen-bond donors (Lipinski definition) is 0. The van der Waals surface area contributed by atoms with Gasteiger partial charge in [-0.05, 0) is 39.8 Å². The second-order valence-electron chi connectivity index (χ2n) is 8.49. The summed E-state index contributed by atoms with van der Waals surface area (Å²) in [5.41, 5.74) is 0. The minimum absolute atomic E-state index is 0.0265. The van der Waals surface area contributed by atoms with Crippen molar-refractivity contribution in [3.63, 3.8) is 0 Å². The van der Waals surface area contributed by atoms with Gasteiger partial charge in [0, 0.05) is 62.0 Å². The van der Waals surface area contributed by atoms with E-state index in [1.807, 2.05) is 0 Å². The molecule has 0 N–H and O–H groups in total. The highest BCUT2D eigenvalue weighted by atomic mass is 16.5. The molecule has 0 saturated carbocycles. The van der Waals surface area contributed by atoms with Crippen LogP contribution in [0.2, 0.25) is 0 Å². The summed E-state index contributed by atoms with van der Waals surface area (Å²) >= 11 is 0. The normalized spacial score (nSPS) is 40.1. The molecule has 4 aliphatic rings. The first-order valence-corrected chi connectivity index (χ1v) is 10.0. The Kier molecular flexibility index (Phi) is 5.06. The molecule has 0 spiro atoms. The summed E-state index contributed by atoms with van der Waals surface area (Å²) in [5.74, 6) is -0.862. The highest BCUT2D eigenvalue weighted by Gasteiger charge is 2.40. The van der Waals surface area contributed by atoms with E-state index in [0.717, 1.165) is 25.7 Å². The van der Waals surface area contributed by atoms with Crippen molar-refractivity contribution in [2.45, 2.75) is 87.7 Å². The smallest absolute Gasteiger partial charge is 0.331 e. The third kappa shape index (κ3) is 3.67. The third-order valence-corrected chi connectivity index (χ3v) is 7.03. The number of carbonyl (C=O) groups is 2. The van der Waals surface area contributed by atoms with Gasteiger partial charge in [-0.15, -0.1) is 0 Å². The van der Waals surface area contributed by atoms with Gasteiger partial charge in [0.2, 0.25) is 0 Å². The van der Waals surface area contributed by atoms with Gasteiger partial charge >= 0.3 is 11.9 Å². The highest BCUT2D eigenvalue weighted by Crippen LogP contribution is 2.36. The van der Waals surface area contributed by atoms with Crippen molar-refractivity contribution in [3.8, 4) is 0 Å². The van der Waals surface area contributed by atoms with Crippen molar-refractivity contribution in [3.05, 3.63) is 12.2 Å². The first-order chi connectivity index (χ1) is 12.5. The van der Waals surface area contributed by atoms with Gasteiger partial charge in [0.05, 0.1) is 0 Å². The molecular formula is C20H30N2O4. The van der Waals surface area contributed by atoms with Crippen LogP contribution in [-0.4, -0.2) is 72.2 Å². The van der Waals surface area contributed by atoms with Gasteiger partial charge in [0.1, 0.15) is 12.2 Å². The van der Waals surface area contributed by atoms with Crippen LogP contribution in [-0.2, 0) is 19.1 Å². The van der Waals surface area contributed by atoms with Crippen LogP contribution >= 0.6 is 0 Å². The van der Waals surface area contributed by atoms with Crippen LogP contribution in [0, 0.1) is 0 Å². The fourth-order valence-corrected chi connectivity index (χ4v) is 5.46. The van der Waals surface area contributed by atoms with Crippen LogP contribution in [0.4, 0.5) is 0 Å². The quantitative estimate of drug-likeness (QED) is 0.562. The number of hydrogen-bond acceptors (Lipinski definition) is 6. The first kappa shape index (κ1) is 18.0. The van der Waals surface area contributed by atoms with Gasteiger partial charge in [-0.3, -0.25) is 0 Å². The summed E-state index contributed by atoms with van der Waals surface area (Å²) in [6.45, 7) is 0. The number of piperidine rings is 2. The van der Waals surface area contributed by atoms with Crippen LogP contribution in [0.25, 0.3) is 0 Å². The van der Waals surface area contributed by atoms with Crippen molar-refractivity contribution in [2.75, 3.05) is 14.1 Å². The second-order valence-corrected chi connectivity index (χ2v) is 8.49.